The summed E-state index contributed by atoms with van der Waals surface area (Å²) in [7, 11) is -2.59. The summed E-state index contributed by atoms with van der Waals surface area (Å²) in [5.41, 5.74) is 1.74. The largest absolute Gasteiger partial charge is 0.508 e. The van der Waals surface area contributed by atoms with Crippen LogP contribution in [0.2, 0.25) is 0 Å². The van der Waals surface area contributed by atoms with Gasteiger partial charge < -0.3 is 9.84 Å². The Morgan fingerprint density at radius 3 is 2.76 bits per heavy atom. The normalized spacial score (nSPS) is 15.4. The van der Waals surface area contributed by atoms with Crippen molar-refractivity contribution < 1.29 is 23.1 Å². The van der Waals surface area contributed by atoms with Gasteiger partial charge in [-0.15, -0.1) is 11.3 Å². The van der Waals surface area contributed by atoms with Gasteiger partial charge in [-0.3, -0.25) is 4.90 Å². The van der Waals surface area contributed by atoms with Crippen LogP contribution in [0.25, 0.3) is 10.8 Å². The zero-order valence-corrected chi connectivity index (χ0v) is 20.6. The van der Waals surface area contributed by atoms with Crippen molar-refractivity contribution in [3.8, 4) is 5.75 Å². The number of nitrogens with one attached hydrogen (secondary N) is 1. The molecule has 7 nitrogen and oxygen atoms in total. The first-order valence-corrected chi connectivity index (χ1v) is 13.2. The molecule has 0 radical (unpaired) electrons. The van der Waals surface area contributed by atoms with Crippen LogP contribution in [0, 0.1) is 0 Å². The molecule has 2 heterocycles. The van der Waals surface area contributed by atoms with Crippen LogP contribution in [0.3, 0.4) is 0 Å². The molecule has 0 spiro atoms. The third-order valence-corrected chi connectivity index (χ3v) is 9.43. The maximum absolute atomic E-state index is 13.1. The van der Waals surface area contributed by atoms with Gasteiger partial charge in [-0.05, 0) is 42.2 Å². The van der Waals surface area contributed by atoms with E-state index < -0.39 is 16.0 Å². The summed E-state index contributed by atoms with van der Waals surface area (Å²) in [5, 5.41) is 12.6. The number of fused-ring (bicyclic) bond motifs is 2. The van der Waals surface area contributed by atoms with Crippen molar-refractivity contribution in [1.82, 2.24) is 9.62 Å². The lowest BCUT2D eigenvalue weighted by atomic mass is 10.0. The second-order valence-electron chi connectivity index (χ2n) is 8.33. The van der Waals surface area contributed by atoms with Crippen LogP contribution < -0.4 is 4.72 Å². The summed E-state index contributed by atoms with van der Waals surface area (Å²) in [4.78, 5) is 15.6. The van der Waals surface area contributed by atoms with E-state index in [9.17, 15) is 18.3 Å². The van der Waals surface area contributed by atoms with E-state index >= 15 is 0 Å². The van der Waals surface area contributed by atoms with Gasteiger partial charge in [0.25, 0.3) is 10.0 Å². The molecule has 33 heavy (non-hydrogen) atoms. The van der Waals surface area contributed by atoms with Gasteiger partial charge >= 0.3 is 5.97 Å². The van der Waals surface area contributed by atoms with Gasteiger partial charge in [0.1, 0.15) is 9.96 Å². The molecule has 1 unspecified atom stereocenters. The van der Waals surface area contributed by atoms with Crippen molar-refractivity contribution in [1.29, 1.82) is 0 Å². The van der Waals surface area contributed by atoms with Gasteiger partial charge in [0, 0.05) is 36.1 Å². The van der Waals surface area contributed by atoms with Gasteiger partial charge in [0.05, 0.1) is 12.7 Å². The van der Waals surface area contributed by atoms with Crippen molar-refractivity contribution in [3.63, 3.8) is 0 Å². The molecule has 0 saturated heterocycles. The molecule has 176 valence electrons. The summed E-state index contributed by atoms with van der Waals surface area (Å²) in [5.74, 6) is -0.390. The molecule has 0 fully saturated rings. The third kappa shape index (κ3) is 4.63. The van der Waals surface area contributed by atoms with Crippen LogP contribution in [0.5, 0.6) is 5.75 Å². The molecule has 1 aliphatic heterocycles. The molecule has 0 aliphatic carbocycles. The first kappa shape index (κ1) is 23.7. The Morgan fingerprint density at radius 2 is 2.03 bits per heavy atom. The van der Waals surface area contributed by atoms with Crippen LogP contribution in [-0.2, 0) is 34.3 Å². The van der Waals surface area contributed by atoms with Crippen LogP contribution in [-0.4, -0.2) is 44.1 Å². The number of carbonyl (C=O) groups is 1. The number of esters is 1. The molecule has 0 bridgehead atoms. The van der Waals surface area contributed by atoms with Crippen LogP contribution in [0.4, 0.5) is 0 Å². The van der Waals surface area contributed by atoms with E-state index in [-0.39, 0.29) is 21.6 Å². The highest BCUT2D eigenvalue weighted by Gasteiger charge is 2.34. The van der Waals surface area contributed by atoms with Crippen LogP contribution in [0.15, 0.2) is 40.6 Å². The fourth-order valence-electron chi connectivity index (χ4n) is 4.18. The fourth-order valence-corrected chi connectivity index (χ4v) is 7.45. The van der Waals surface area contributed by atoms with Crippen molar-refractivity contribution in [2.45, 2.75) is 50.0 Å². The van der Waals surface area contributed by atoms with Gasteiger partial charge in [-0.2, -0.15) is 0 Å². The molecule has 0 amide bonds. The number of carbonyl (C=O) groups excluding carboxylic acids is 1. The predicted molar refractivity (Wildman–Crippen MR) is 129 cm³/mol. The number of nitrogens with zero attached hydrogens (tertiary/aromatic N) is 1. The fraction of sp³-hybridized carbons (Fsp3) is 0.375. The minimum Gasteiger partial charge on any atom is -0.508 e. The van der Waals surface area contributed by atoms with Crippen molar-refractivity contribution in [3.05, 3.63) is 58.0 Å². The molecule has 1 atom stereocenters. The average molecular weight is 489 g/mol. The second-order valence-corrected chi connectivity index (χ2v) is 11.3. The highest BCUT2D eigenvalue weighted by molar-refractivity contribution is 7.91. The molecule has 1 aromatic heterocycles. The van der Waals surface area contributed by atoms with E-state index in [4.69, 9.17) is 4.74 Å². The maximum Gasteiger partial charge on any atom is 0.340 e. The van der Waals surface area contributed by atoms with Gasteiger partial charge in [-0.1, -0.05) is 37.3 Å². The Balaban J connectivity index is 1.68. The van der Waals surface area contributed by atoms with Crippen LogP contribution >= 0.6 is 11.3 Å². The topological polar surface area (TPSA) is 95.9 Å². The smallest absolute Gasteiger partial charge is 0.340 e. The van der Waals surface area contributed by atoms with Crippen molar-refractivity contribution >= 4 is 38.1 Å². The number of hydrogen-bond acceptors (Lipinski definition) is 7. The monoisotopic (exact) mass is 488 g/mol. The standard InChI is InChI=1S/C24H28N2O5S2/c1-4-15(2)25-33(29,30)24-22(23(28)31-3)18-11-12-26(14-21(18)32-24)13-19-17-8-6-5-7-16(17)9-10-20(19)27/h5-10,15,25,27H,4,11-14H2,1-3H3. The lowest BCUT2D eigenvalue weighted by Gasteiger charge is -2.27. The number of aromatic hydroxyl groups is 1. The number of methoxy groups -OCH3 is 1. The van der Waals surface area contributed by atoms with Gasteiger partial charge in [0.15, 0.2) is 0 Å². The summed E-state index contributed by atoms with van der Waals surface area (Å²) in [6.07, 6.45) is 1.17. The van der Waals surface area contributed by atoms with Crippen molar-refractivity contribution in [2.75, 3.05) is 13.7 Å². The summed E-state index contributed by atoms with van der Waals surface area (Å²) < 4.78 is 33.8. The zero-order valence-electron chi connectivity index (χ0n) is 18.9. The molecule has 2 N–H and O–H groups in total. The van der Waals surface area contributed by atoms with E-state index in [1.165, 1.54) is 7.11 Å². The molecule has 3 aromatic rings. The second kappa shape index (κ2) is 9.42. The van der Waals surface area contributed by atoms with Gasteiger partial charge in [-0.25, -0.2) is 17.9 Å². The number of ether oxygens (including phenoxy) is 1. The Bertz CT molecular complexity index is 1300. The number of thiophene rings is 1. The Labute approximate surface area is 198 Å². The van der Waals surface area contributed by atoms with E-state index in [2.05, 4.69) is 9.62 Å². The molecule has 0 saturated carbocycles. The highest BCUT2D eigenvalue weighted by Crippen LogP contribution is 2.38. The molecule has 2 aromatic carbocycles. The lowest BCUT2D eigenvalue weighted by molar-refractivity contribution is 0.0595. The van der Waals surface area contributed by atoms with E-state index in [0.717, 1.165) is 38.1 Å². The quantitative estimate of drug-likeness (QED) is 0.488. The number of phenols is 1. The number of sulfonamides is 1. The van der Waals surface area contributed by atoms with Gasteiger partial charge in [0.2, 0.25) is 0 Å². The lowest BCUT2D eigenvalue weighted by Crippen LogP contribution is -2.32. The number of hydrogen-bond donors (Lipinski definition) is 2. The Kier molecular flexibility index (Phi) is 6.76. The molecule has 4 rings (SSSR count). The average Bonchev–Trinajstić information content (AvgIpc) is 3.20. The van der Waals surface area contributed by atoms with E-state index in [0.29, 0.717) is 32.5 Å². The first-order valence-electron chi connectivity index (χ1n) is 10.9. The highest BCUT2D eigenvalue weighted by atomic mass is 32.2. The number of phenolic OH excluding ortho intramolecular Hbond substituents is 1. The molecule has 1 aliphatic rings. The summed E-state index contributed by atoms with van der Waals surface area (Å²) >= 11 is 1.13. The Hall–Kier alpha value is -2.46. The Morgan fingerprint density at radius 1 is 1.27 bits per heavy atom. The van der Waals surface area contributed by atoms with E-state index in [1.54, 1.807) is 13.0 Å². The zero-order chi connectivity index (χ0) is 23.8. The predicted octanol–water partition coefficient (Wildman–Crippen LogP) is 4.03. The first-order chi connectivity index (χ1) is 15.7. The molecular weight excluding hydrogens is 460 g/mol. The minimum absolute atomic E-state index is 0.0227. The number of benzene rings is 2. The summed E-state index contributed by atoms with van der Waals surface area (Å²) in [6, 6.07) is 11.3. The number of rotatable bonds is 7. The summed E-state index contributed by atoms with van der Waals surface area (Å²) in [6.45, 7) is 5.33. The SMILES string of the molecule is CCC(C)NS(=O)(=O)c1sc2c(c1C(=O)OC)CCN(Cc1c(O)ccc3ccccc13)C2. The maximum atomic E-state index is 13.1. The van der Waals surface area contributed by atoms with Crippen molar-refractivity contribution in [2.24, 2.45) is 0 Å². The molecular formula is C24H28N2O5S2. The molecule has 9 heteroatoms. The van der Waals surface area contributed by atoms with E-state index in [1.807, 2.05) is 37.3 Å². The minimum atomic E-state index is -3.85. The third-order valence-electron chi connectivity index (χ3n) is 6.10. The van der Waals surface area contributed by atoms with Crippen LogP contribution in [0.1, 0.15) is 46.6 Å².